The number of thioether (sulfide) groups is 1. The third-order valence-corrected chi connectivity index (χ3v) is 3.82. The average Bonchev–Trinajstić information content (AvgIpc) is 2.40. The summed E-state index contributed by atoms with van der Waals surface area (Å²) in [6.07, 6.45) is 6.65. The molecule has 0 heterocycles. The lowest BCUT2D eigenvalue weighted by atomic mass is 9.95. The molecule has 2 rings (SSSR count). The van der Waals surface area contributed by atoms with Gasteiger partial charge in [-0.15, -0.1) is 0 Å². The molecule has 1 aliphatic carbocycles. The zero-order chi connectivity index (χ0) is 12.1. The van der Waals surface area contributed by atoms with Gasteiger partial charge < -0.3 is 0 Å². The maximum atomic E-state index is 12.0. The highest BCUT2D eigenvalue weighted by Gasteiger charge is 2.15. The van der Waals surface area contributed by atoms with Gasteiger partial charge in [-0.25, -0.2) is 0 Å². The second-order valence-electron chi connectivity index (χ2n) is 4.16. The Bertz CT molecular complexity index is 445. The molecule has 1 aliphatic rings. The first-order valence-electron chi connectivity index (χ1n) is 5.93. The zero-order valence-corrected chi connectivity index (χ0v) is 10.6. The van der Waals surface area contributed by atoms with E-state index >= 15 is 0 Å². The molecule has 1 nitrogen and oxygen atoms in total. The van der Waals surface area contributed by atoms with E-state index < -0.39 is 0 Å². The summed E-state index contributed by atoms with van der Waals surface area (Å²) in [6, 6.07) is 9.74. The lowest BCUT2D eigenvalue weighted by molar-refractivity contribution is -0.107. The van der Waals surface area contributed by atoms with Crippen LogP contribution in [0.25, 0.3) is 0 Å². The summed E-state index contributed by atoms with van der Waals surface area (Å²) in [5.41, 5.74) is 1.82. The largest absolute Gasteiger partial charge is 0.281 e. The molecule has 0 spiro atoms. The molecular weight excluding hydrogens is 228 g/mol. The molecule has 1 aromatic carbocycles. The molecule has 0 saturated carbocycles. The highest BCUT2D eigenvalue weighted by Crippen LogP contribution is 2.29. The van der Waals surface area contributed by atoms with Crippen LogP contribution >= 0.6 is 11.8 Å². The molecule has 0 bridgehead atoms. The highest BCUT2D eigenvalue weighted by molar-refractivity contribution is 8.14. The molecule has 0 fully saturated rings. The van der Waals surface area contributed by atoms with Crippen molar-refractivity contribution < 1.29 is 4.79 Å². The fraction of sp³-hybridized carbons (Fsp3) is 0.267. The van der Waals surface area contributed by atoms with E-state index in [9.17, 15) is 4.79 Å². The summed E-state index contributed by atoms with van der Waals surface area (Å²) < 4.78 is 0. The van der Waals surface area contributed by atoms with Crippen molar-refractivity contribution >= 4 is 16.9 Å². The molecule has 0 atom stereocenters. The van der Waals surface area contributed by atoms with Crippen LogP contribution in [0.15, 0.2) is 59.0 Å². The summed E-state index contributed by atoms with van der Waals surface area (Å²) in [4.78, 5) is 13.0. The number of benzene rings is 1. The van der Waals surface area contributed by atoms with Gasteiger partial charge in [-0.1, -0.05) is 30.9 Å². The maximum Gasteiger partial charge on any atom is 0.223 e. The van der Waals surface area contributed by atoms with Crippen LogP contribution in [-0.2, 0) is 4.79 Å². The van der Waals surface area contributed by atoms with Gasteiger partial charge in [-0.3, -0.25) is 4.79 Å². The minimum absolute atomic E-state index is 0.0735. The van der Waals surface area contributed by atoms with Gasteiger partial charge in [-0.2, -0.15) is 0 Å². The van der Waals surface area contributed by atoms with E-state index in [0.29, 0.717) is 5.57 Å². The molecule has 0 unspecified atom stereocenters. The Kier molecular flexibility index (Phi) is 4.21. The quantitative estimate of drug-likeness (QED) is 0.580. The monoisotopic (exact) mass is 244 g/mol. The number of hydrogen-bond donors (Lipinski definition) is 0. The normalized spacial score (nSPS) is 15.2. The van der Waals surface area contributed by atoms with E-state index in [1.54, 1.807) is 0 Å². The second-order valence-corrected chi connectivity index (χ2v) is 5.20. The molecule has 0 amide bonds. The van der Waals surface area contributed by atoms with E-state index in [1.807, 2.05) is 30.3 Å². The van der Waals surface area contributed by atoms with Crippen LogP contribution in [0, 0.1) is 0 Å². The van der Waals surface area contributed by atoms with E-state index in [-0.39, 0.29) is 5.12 Å². The van der Waals surface area contributed by atoms with Gasteiger partial charge in [0.05, 0.1) is 0 Å². The summed E-state index contributed by atoms with van der Waals surface area (Å²) in [6.45, 7) is 3.94. The Morgan fingerprint density at radius 1 is 1.18 bits per heavy atom. The van der Waals surface area contributed by atoms with Crippen molar-refractivity contribution in [1.82, 2.24) is 0 Å². The third-order valence-electron chi connectivity index (χ3n) is 2.88. The first-order valence-corrected chi connectivity index (χ1v) is 6.74. The van der Waals surface area contributed by atoms with Gasteiger partial charge in [0.2, 0.25) is 5.12 Å². The van der Waals surface area contributed by atoms with Crippen molar-refractivity contribution in [1.29, 1.82) is 0 Å². The third kappa shape index (κ3) is 3.34. The van der Waals surface area contributed by atoms with Crippen LogP contribution in [0.1, 0.15) is 25.7 Å². The summed E-state index contributed by atoms with van der Waals surface area (Å²) >= 11 is 1.27. The number of carbonyl (C=O) groups is 1. The molecule has 0 radical (unpaired) electrons. The van der Waals surface area contributed by atoms with Crippen LogP contribution < -0.4 is 0 Å². The van der Waals surface area contributed by atoms with Crippen molar-refractivity contribution in [2.45, 2.75) is 30.6 Å². The molecule has 0 saturated heterocycles. The molecule has 0 N–H and O–H groups in total. The Hall–Kier alpha value is -1.28. The van der Waals surface area contributed by atoms with Crippen LogP contribution in [0.2, 0.25) is 0 Å². The molecular formula is C15H16OS. The number of allylic oxidation sites excluding steroid dienone is 2. The SMILES string of the molecule is C=C(C(=O)Sc1ccccc1)C1=CCCCC1. The zero-order valence-electron chi connectivity index (χ0n) is 9.82. The van der Waals surface area contributed by atoms with Gasteiger partial charge in [0.15, 0.2) is 0 Å². The van der Waals surface area contributed by atoms with Crippen molar-refractivity contribution in [2.24, 2.45) is 0 Å². The lowest BCUT2D eigenvalue weighted by Gasteiger charge is -2.13. The van der Waals surface area contributed by atoms with Gasteiger partial charge >= 0.3 is 0 Å². The van der Waals surface area contributed by atoms with Gasteiger partial charge in [-0.05, 0) is 55.2 Å². The topological polar surface area (TPSA) is 17.1 Å². The van der Waals surface area contributed by atoms with Crippen LogP contribution in [0.3, 0.4) is 0 Å². The molecule has 88 valence electrons. The highest BCUT2D eigenvalue weighted by atomic mass is 32.2. The summed E-state index contributed by atoms with van der Waals surface area (Å²) in [5, 5.41) is 0.0735. The Balaban J connectivity index is 2.01. The fourth-order valence-corrected chi connectivity index (χ4v) is 2.66. The molecule has 17 heavy (non-hydrogen) atoms. The van der Waals surface area contributed by atoms with Crippen molar-refractivity contribution in [2.75, 3.05) is 0 Å². The molecule has 0 aromatic heterocycles. The van der Waals surface area contributed by atoms with E-state index in [4.69, 9.17) is 0 Å². The van der Waals surface area contributed by atoms with Crippen LogP contribution in [0.4, 0.5) is 0 Å². The van der Waals surface area contributed by atoms with E-state index in [0.717, 1.165) is 23.3 Å². The maximum absolute atomic E-state index is 12.0. The predicted molar refractivity (Wildman–Crippen MR) is 73.0 cm³/mol. The van der Waals surface area contributed by atoms with Crippen molar-refractivity contribution in [3.05, 3.63) is 54.1 Å². The molecule has 0 aliphatic heterocycles. The van der Waals surface area contributed by atoms with E-state index in [2.05, 4.69) is 12.7 Å². The van der Waals surface area contributed by atoms with Gasteiger partial charge in [0.1, 0.15) is 0 Å². The van der Waals surface area contributed by atoms with Crippen molar-refractivity contribution in [3.63, 3.8) is 0 Å². The smallest absolute Gasteiger partial charge is 0.223 e. The standard InChI is InChI=1S/C15H16OS/c1-12(13-8-4-2-5-9-13)15(16)17-14-10-6-3-7-11-14/h3,6-8,10-11H,1-2,4-5,9H2. The minimum atomic E-state index is 0.0735. The number of rotatable bonds is 3. The minimum Gasteiger partial charge on any atom is -0.281 e. The Labute approximate surface area is 107 Å². The number of carbonyl (C=O) groups excluding carboxylic acids is 1. The first kappa shape index (κ1) is 12.2. The van der Waals surface area contributed by atoms with Crippen LogP contribution in [-0.4, -0.2) is 5.12 Å². The molecule has 1 aromatic rings. The fourth-order valence-electron chi connectivity index (χ4n) is 1.90. The van der Waals surface area contributed by atoms with E-state index in [1.165, 1.54) is 24.6 Å². The van der Waals surface area contributed by atoms with Crippen LogP contribution in [0.5, 0.6) is 0 Å². The lowest BCUT2D eigenvalue weighted by Crippen LogP contribution is -2.02. The second kappa shape index (κ2) is 5.87. The number of hydrogen-bond acceptors (Lipinski definition) is 2. The first-order chi connectivity index (χ1) is 8.27. The molecule has 2 heteroatoms. The summed E-state index contributed by atoms with van der Waals surface area (Å²) in [7, 11) is 0. The Morgan fingerprint density at radius 2 is 1.94 bits per heavy atom. The van der Waals surface area contributed by atoms with Gasteiger partial charge in [0.25, 0.3) is 0 Å². The Morgan fingerprint density at radius 3 is 2.59 bits per heavy atom. The van der Waals surface area contributed by atoms with Crippen molar-refractivity contribution in [3.8, 4) is 0 Å². The average molecular weight is 244 g/mol. The summed E-state index contributed by atoms with van der Waals surface area (Å²) in [5.74, 6) is 0. The predicted octanol–water partition coefficient (Wildman–Crippen LogP) is 4.36. The van der Waals surface area contributed by atoms with Gasteiger partial charge in [0, 0.05) is 10.5 Å².